The van der Waals surface area contributed by atoms with Crippen molar-refractivity contribution in [3.63, 3.8) is 0 Å². The Bertz CT molecular complexity index is 4860. The van der Waals surface area contributed by atoms with Crippen molar-refractivity contribution in [1.29, 1.82) is 0 Å². The normalized spacial score (nSPS) is 14.0. The molecule has 129 heavy (non-hydrogen) atoms. The minimum Gasteiger partial charge on any atom is -0.467 e. The summed E-state index contributed by atoms with van der Waals surface area (Å²) >= 11 is 2.20. The number of rotatable bonds is 22. The molecule has 3 aliphatic rings. The fraction of sp³-hybridized carbons (Fsp3) is 0.312. The highest BCUT2D eigenvalue weighted by Crippen LogP contribution is 2.16. The van der Waals surface area contributed by atoms with Crippen LogP contribution in [0.25, 0.3) is 0 Å². The summed E-state index contributed by atoms with van der Waals surface area (Å²) in [4.78, 5) is 121. The van der Waals surface area contributed by atoms with Crippen LogP contribution < -0.4 is 38.0 Å². The van der Waals surface area contributed by atoms with Crippen LogP contribution in [0.1, 0.15) is 147 Å². The van der Waals surface area contributed by atoms with E-state index in [0.29, 0.717) is 38.9 Å². The molecule has 0 aromatic heterocycles. The molecule has 31 nitrogen and oxygen atoms in total. The first-order chi connectivity index (χ1) is 61.2. The minimum atomic E-state index is -1.27. The minimum absolute atomic E-state index is 0. The van der Waals surface area contributed by atoms with Crippen LogP contribution >= 0.6 is 35.0 Å². The average Bonchev–Trinajstić information content (AvgIpc) is 0.867. The summed E-state index contributed by atoms with van der Waals surface area (Å²) in [5.74, 6) is 19.2. The van der Waals surface area contributed by atoms with Crippen LogP contribution in [0.15, 0.2) is 194 Å². The van der Waals surface area contributed by atoms with E-state index < -0.39 is 96.0 Å². The topological polar surface area (TPSA) is 452 Å². The lowest BCUT2D eigenvalue weighted by molar-refractivity contribution is -0.146. The van der Waals surface area contributed by atoms with Gasteiger partial charge in [-0.1, -0.05) is 97.4 Å². The highest BCUT2D eigenvalue weighted by atomic mass is 127. The number of carbonyl (C=O) groups is 10. The number of ether oxygens (including phenoxy) is 6. The molecule has 3 fully saturated rings. The third-order valence-electron chi connectivity index (χ3n) is 18.5. The summed E-state index contributed by atoms with van der Waals surface area (Å²) in [6, 6.07) is 52.1. The number of halogens is 2. The zero-order valence-electron chi connectivity index (χ0n) is 71.7. The van der Waals surface area contributed by atoms with E-state index >= 15 is 0 Å². The predicted octanol–water partition coefficient (Wildman–Crippen LogP) is 6.45. The van der Waals surface area contributed by atoms with E-state index in [-0.39, 0.29) is 19.8 Å². The standard InChI is InChI=1S/C25H28N2O5.C24H27N3O5.C21H19NO5.C14H15NO4.C7H5IO.C4H9NO.CH4.ClH.H3NO/c1-18(28)23(25(30)31-2)26-24(29)22-11-9-20(10-12-22)4-3-19-5-7-21(8-6-19)17-27-13-15-32-16-14-27;1-17(28)22(24(30)26-31)25-23(29)21-10-8-19(9-11-21)3-2-18-4-6-20(7-5-18)16-27-12-14-32-15-13-27;1-14(24)19(21(26)27-2)22-20(25)18-11-9-16(10-12-18)4-3-15-5-7-17(13-23)8-6-15;1-4-10-5-7-11(8-6-10)13(17)15-12(9(2)16)14(18)19-3;8-7-3-1-6(5-9)2-4-7;1-3-6-4-2-5-1;;;1-2/h5-12,18,23,28H,13-17H2,1-2H3,(H,26,29);4-11,17,22,28,31H,12-16H2,1H3,(H,25,29)(H,26,30);5-14,19,24H,1-2H3,(H,22,25);1,5-9,12,16H,2-3H3,(H,15,17);1-5H;5H,1-4H2;1H4;1H;2H,1H2/t18-,23?;17-,22?;14-,19?;9-,12?;;;;;/m1111...../s1. The lowest BCUT2D eigenvalue weighted by Crippen LogP contribution is -2.51. The van der Waals surface area contributed by atoms with Crippen LogP contribution in [0.5, 0.6) is 0 Å². The summed E-state index contributed by atoms with van der Waals surface area (Å²) < 4.78 is 30.6. The SMILES string of the molecule is C.C#Cc1ccc(C(=O)NC(C(=O)OC)[C@@H](C)O)cc1.C1COCCN1.COC(=O)C(NC(=O)c1ccc(C#Cc2ccc(C=O)cc2)cc1)[C@@H](C)O.COC(=O)C(NC(=O)c1ccc(C#Cc2ccc(CN3CCOCC3)cc2)cc1)[C@@H](C)O.C[C@@H](O)C(NC(=O)c1ccc(C#Cc2ccc(CN3CCOCC3)cc2)cc1)C(=O)NO.Cl.NO.O=Cc1ccc(I)cc1. The zero-order valence-corrected chi connectivity index (χ0v) is 74.7. The molecule has 14 N–H and O–H groups in total. The molecule has 5 amide bonds. The molecule has 8 atom stereocenters. The third-order valence-corrected chi connectivity index (χ3v) is 19.2. The van der Waals surface area contributed by atoms with Gasteiger partial charge in [0.15, 0.2) is 18.1 Å². The van der Waals surface area contributed by atoms with E-state index in [2.05, 4.69) is 145 Å². The van der Waals surface area contributed by atoms with E-state index in [4.69, 9.17) is 31.0 Å². The van der Waals surface area contributed by atoms with Crippen LogP contribution in [-0.2, 0) is 60.7 Å². The van der Waals surface area contributed by atoms with Gasteiger partial charge >= 0.3 is 17.9 Å². The number of morpholine rings is 3. The lowest BCUT2D eigenvalue weighted by atomic mass is 10.1. The molecule has 4 unspecified atom stereocenters. The fourth-order valence-electron chi connectivity index (χ4n) is 11.3. The Labute approximate surface area is 771 Å². The van der Waals surface area contributed by atoms with Crippen LogP contribution in [0.3, 0.4) is 0 Å². The van der Waals surface area contributed by atoms with Gasteiger partial charge in [-0.3, -0.25) is 48.6 Å². The molecular weight excluding hydrogens is 1790 g/mol. The number of methoxy groups -OCH3 is 3. The van der Waals surface area contributed by atoms with Gasteiger partial charge < -0.3 is 80.6 Å². The first-order valence-electron chi connectivity index (χ1n) is 39.8. The number of nitrogens with one attached hydrogen (secondary N) is 6. The number of terminal acetylenes is 1. The summed E-state index contributed by atoms with van der Waals surface area (Å²) in [7, 11) is 3.57. The molecule has 3 heterocycles. The van der Waals surface area contributed by atoms with Gasteiger partial charge in [0.1, 0.15) is 18.6 Å². The number of benzene rings is 8. The number of nitrogens with zero attached hydrogens (tertiary/aromatic N) is 2. The highest BCUT2D eigenvalue weighted by molar-refractivity contribution is 14.1. The van der Waals surface area contributed by atoms with Gasteiger partial charge in [0.2, 0.25) is 0 Å². The second-order valence-electron chi connectivity index (χ2n) is 28.0. The van der Waals surface area contributed by atoms with Crippen molar-refractivity contribution in [3.8, 4) is 47.9 Å². The molecule has 0 bridgehead atoms. The van der Waals surface area contributed by atoms with Gasteiger partial charge in [-0.05, 0) is 207 Å². The Morgan fingerprint density at radius 3 is 0.884 bits per heavy atom. The molecule has 3 aliphatic heterocycles. The Morgan fingerprint density at radius 2 is 0.659 bits per heavy atom. The molecular formula is C96H111ClIN9O22. The molecule has 0 radical (unpaired) electrons. The molecule has 0 saturated carbocycles. The molecule has 3 saturated heterocycles. The van der Waals surface area contributed by atoms with Gasteiger partial charge in [-0.2, -0.15) is 0 Å². The predicted molar refractivity (Wildman–Crippen MR) is 494 cm³/mol. The maximum absolute atomic E-state index is 12.4. The molecule has 11 rings (SSSR count). The van der Waals surface area contributed by atoms with Crippen molar-refractivity contribution < 1.29 is 107 Å². The summed E-state index contributed by atoms with van der Waals surface area (Å²) in [6.07, 6.45) is 2.44. The number of amides is 5. The number of hydrogen-bond donors (Lipinski definition) is 13. The second kappa shape index (κ2) is 61.9. The molecule has 8 aromatic rings. The number of aldehydes is 2. The number of aliphatic hydroxyl groups is 4. The van der Waals surface area contributed by atoms with Crippen molar-refractivity contribution in [1.82, 2.24) is 41.9 Å². The van der Waals surface area contributed by atoms with E-state index in [1.165, 1.54) is 65.6 Å². The van der Waals surface area contributed by atoms with Crippen molar-refractivity contribution in [2.24, 2.45) is 5.90 Å². The first-order valence-corrected chi connectivity index (χ1v) is 40.9. The quantitative estimate of drug-likeness (QED) is 0.00659. The van der Waals surface area contributed by atoms with Crippen LogP contribution in [0.2, 0.25) is 0 Å². The lowest BCUT2D eigenvalue weighted by Gasteiger charge is -2.26. The van der Waals surface area contributed by atoms with Gasteiger partial charge in [0.25, 0.3) is 29.5 Å². The first kappa shape index (κ1) is 111. The third kappa shape index (κ3) is 41.1. The van der Waals surface area contributed by atoms with Crippen LogP contribution in [0.4, 0.5) is 0 Å². The summed E-state index contributed by atoms with van der Waals surface area (Å²) in [5, 5.41) is 66.5. The van der Waals surface area contributed by atoms with Crippen molar-refractivity contribution in [2.75, 3.05) is 100 Å². The number of hydrogen-bond acceptors (Lipinski definition) is 26. The highest BCUT2D eigenvalue weighted by Gasteiger charge is 2.30. The monoisotopic (exact) mass is 1900 g/mol. The Kier molecular flexibility index (Phi) is 53.2. The molecule has 0 aliphatic carbocycles. The fourth-order valence-corrected chi connectivity index (χ4v) is 11.6. The Balaban J connectivity index is 0.000000419. The number of hydroxylamine groups is 1. The van der Waals surface area contributed by atoms with Crippen molar-refractivity contribution >= 4 is 95.0 Å². The van der Waals surface area contributed by atoms with Crippen LogP contribution in [0, 0.1) is 51.4 Å². The van der Waals surface area contributed by atoms with Gasteiger partial charge in [0, 0.05) is 128 Å². The molecule has 33 heteroatoms. The van der Waals surface area contributed by atoms with Crippen LogP contribution in [-0.4, -0.2) is 249 Å². The van der Waals surface area contributed by atoms with Gasteiger partial charge in [0.05, 0.1) is 85.4 Å². The van der Waals surface area contributed by atoms with E-state index in [1.54, 1.807) is 133 Å². The Hall–Kier alpha value is -12.4. The van der Waals surface area contributed by atoms with Crippen molar-refractivity contribution in [2.45, 2.75) is 96.8 Å². The molecule has 686 valence electrons. The maximum atomic E-state index is 12.4. The average molecular weight is 1910 g/mol. The summed E-state index contributed by atoms with van der Waals surface area (Å²) in [5.41, 5.74) is 12.0. The maximum Gasteiger partial charge on any atom is 0.331 e. The largest absolute Gasteiger partial charge is 0.467 e. The second-order valence-corrected chi connectivity index (χ2v) is 29.2. The van der Waals surface area contributed by atoms with E-state index in [9.17, 15) is 68.4 Å². The number of carbonyl (C=O) groups excluding carboxylic acids is 10. The number of esters is 3. The van der Waals surface area contributed by atoms with Crippen molar-refractivity contribution in [3.05, 3.63) is 281 Å². The molecule has 0 spiro atoms. The zero-order chi connectivity index (χ0) is 93.0. The van der Waals surface area contributed by atoms with Gasteiger partial charge in [-0.25, -0.2) is 25.8 Å². The smallest absolute Gasteiger partial charge is 0.331 e. The van der Waals surface area contributed by atoms with Gasteiger partial charge in [-0.15, -0.1) is 18.8 Å². The Morgan fingerprint density at radius 1 is 0.419 bits per heavy atom. The molecule has 8 aromatic carbocycles. The summed E-state index contributed by atoms with van der Waals surface area (Å²) in [6.45, 7) is 18.1. The number of nitrogens with two attached hydrogens (primary N) is 1. The van der Waals surface area contributed by atoms with E-state index in [1.807, 2.05) is 36.4 Å². The number of aliphatic hydroxyl groups excluding tert-OH is 4. The van der Waals surface area contributed by atoms with E-state index in [0.717, 1.165) is 142 Å².